The Morgan fingerprint density at radius 2 is 1.63 bits per heavy atom. The van der Waals surface area contributed by atoms with Crippen LogP contribution in [0.25, 0.3) is 0 Å². The highest BCUT2D eigenvalue weighted by atomic mass is 79.9. The Kier molecular flexibility index (Phi) is 6.54. The lowest BCUT2D eigenvalue weighted by Crippen LogP contribution is -2.15. The molecule has 0 saturated carbocycles. The average molecular weight is 445 g/mol. The second kappa shape index (κ2) is 9.07. The van der Waals surface area contributed by atoms with Crippen LogP contribution in [0.4, 0.5) is 5.69 Å². The molecule has 0 fully saturated rings. The third kappa shape index (κ3) is 5.34. The molecule has 0 spiro atoms. The molecule has 5 heteroatoms. The van der Waals surface area contributed by atoms with Crippen LogP contribution in [-0.4, -0.2) is 12.9 Å². The number of ether oxygens (including phenoxy) is 1. The fourth-order valence-electron chi connectivity index (χ4n) is 2.77. The van der Waals surface area contributed by atoms with Crippen LogP contribution < -0.4 is 10.1 Å². The van der Waals surface area contributed by atoms with Crippen LogP contribution in [0.5, 0.6) is 5.75 Å². The number of ketones is 1. The molecule has 3 nitrogen and oxygen atoms in total. The molecule has 0 aliphatic rings. The van der Waals surface area contributed by atoms with Crippen LogP contribution in [-0.2, 0) is 0 Å². The van der Waals surface area contributed by atoms with E-state index in [0.717, 1.165) is 21.5 Å². The molecule has 3 rings (SSSR count). The number of rotatable bonds is 7. The smallest absolute Gasteiger partial charge is 0.165 e. The summed E-state index contributed by atoms with van der Waals surface area (Å²) in [6.07, 6.45) is 0.329. The SMILES string of the molecule is COc1ccc(NC(CC(=O)c2ccc(Br)cc2)c2ccc(Cl)cc2)cc1. The maximum absolute atomic E-state index is 12.8. The summed E-state index contributed by atoms with van der Waals surface area (Å²) in [7, 11) is 1.63. The zero-order chi connectivity index (χ0) is 19.2. The zero-order valence-corrected chi connectivity index (χ0v) is 17.1. The summed E-state index contributed by atoms with van der Waals surface area (Å²) in [5, 5.41) is 4.12. The van der Waals surface area contributed by atoms with Gasteiger partial charge in [0.1, 0.15) is 5.75 Å². The Bertz CT molecular complexity index is 893. The summed E-state index contributed by atoms with van der Waals surface area (Å²) >= 11 is 9.42. The van der Waals surface area contributed by atoms with Gasteiger partial charge in [-0.05, 0) is 54.1 Å². The molecule has 0 bridgehead atoms. The van der Waals surface area contributed by atoms with Crippen LogP contribution in [0.15, 0.2) is 77.3 Å². The van der Waals surface area contributed by atoms with E-state index in [1.807, 2.05) is 72.8 Å². The third-order valence-electron chi connectivity index (χ3n) is 4.26. The molecule has 3 aromatic carbocycles. The molecule has 0 aromatic heterocycles. The van der Waals surface area contributed by atoms with Crippen molar-refractivity contribution in [1.29, 1.82) is 0 Å². The van der Waals surface area contributed by atoms with Crippen molar-refractivity contribution in [3.05, 3.63) is 93.4 Å². The summed E-state index contributed by atoms with van der Waals surface area (Å²) in [5.41, 5.74) is 2.61. The van der Waals surface area contributed by atoms with Crippen LogP contribution in [0.2, 0.25) is 5.02 Å². The zero-order valence-electron chi connectivity index (χ0n) is 14.8. The molecule has 1 atom stereocenters. The Balaban J connectivity index is 1.83. The summed E-state index contributed by atoms with van der Waals surface area (Å²) in [4.78, 5) is 12.8. The van der Waals surface area contributed by atoms with E-state index in [4.69, 9.17) is 16.3 Å². The van der Waals surface area contributed by atoms with Crippen LogP contribution in [0.3, 0.4) is 0 Å². The van der Waals surface area contributed by atoms with Crippen LogP contribution >= 0.6 is 27.5 Å². The fourth-order valence-corrected chi connectivity index (χ4v) is 3.17. The summed E-state index contributed by atoms with van der Waals surface area (Å²) in [5.74, 6) is 0.859. The predicted molar refractivity (Wildman–Crippen MR) is 114 cm³/mol. The van der Waals surface area contributed by atoms with Crippen LogP contribution in [0, 0.1) is 0 Å². The first-order valence-electron chi connectivity index (χ1n) is 8.50. The number of hydrogen-bond donors (Lipinski definition) is 1. The second-order valence-electron chi connectivity index (χ2n) is 6.11. The van der Waals surface area contributed by atoms with Gasteiger partial charge in [-0.25, -0.2) is 0 Å². The van der Waals surface area contributed by atoms with Gasteiger partial charge in [0.15, 0.2) is 5.78 Å². The second-order valence-corrected chi connectivity index (χ2v) is 7.46. The van der Waals surface area contributed by atoms with Gasteiger partial charge in [0.2, 0.25) is 0 Å². The number of hydrogen-bond acceptors (Lipinski definition) is 3. The highest BCUT2D eigenvalue weighted by Gasteiger charge is 2.17. The van der Waals surface area contributed by atoms with Gasteiger partial charge in [-0.2, -0.15) is 0 Å². The van der Waals surface area contributed by atoms with Gasteiger partial charge in [-0.1, -0.05) is 51.8 Å². The molecule has 3 aromatic rings. The van der Waals surface area contributed by atoms with Gasteiger partial charge in [0.25, 0.3) is 0 Å². The van der Waals surface area contributed by atoms with E-state index in [0.29, 0.717) is 17.0 Å². The van der Waals surface area contributed by atoms with Crippen molar-refractivity contribution < 1.29 is 9.53 Å². The summed E-state index contributed by atoms with van der Waals surface area (Å²) < 4.78 is 6.15. The maximum Gasteiger partial charge on any atom is 0.165 e. The lowest BCUT2D eigenvalue weighted by molar-refractivity contribution is 0.0976. The number of methoxy groups -OCH3 is 1. The van der Waals surface area contributed by atoms with Crippen LogP contribution in [0.1, 0.15) is 28.4 Å². The van der Waals surface area contributed by atoms with E-state index < -0.39 is 0 Å². The minimum Gasteiger partial charge on any atom is -0.497 e. The molecule has 0 aliphatic carbocycles. The number of halogens is 2. The fraction of sp³-hybridized carbons (Fsp3) is 0.136. The molecule has 0 radical (unpaired) electrons. The van der Waals surface area contributed by atoms with Gasteiger partial charge in [0, 0.05) is 27.2 Å². The van der Waals surface area contributed by atoms with Crippen molar-refractivity contribution in [2.24, 2.45) is 0 Å². The van der Waals surface area contributed by atoms with E-state index in [9.17, 15) is 4.79 Å². The molecule has 138 valence electrons. The first-order chi connectivity index (χ1) is 13.0. The number of nitrogens with one attached hydrogen (secondary N) is 1. The quantitative estimate of drug-likeness (QED) is 0.421. The molecular weight excluding hydrogens is 426 g/mol. The van der Waals surface area contributed by atoms with Gasteiger partial charge in [-0.3, -0.25) is 4.79 Å². The van der Waals surface area contributed by atoms with Gasteiger partial charge < -0.3 is 10.1 Å². The molecule has 0 saturated heterocycles. The molecular formula is C22H19BrClNO2. The topological polar surface area (TPSA) is 38.3 Å². The monoisotopic (exact) mass is 443 g/mol. The number of carbonyl (C=O) groups excluding carboxylic acids is 1. The van der Waals surface area contributed by atoms with Crippen molar-refractivity contribution in [1.82, 2.24) is 0 Å². The normalized spacial score (nSPS) is 11.7. The Morgan fingerprint density at radius 1 is 1.00 bits per heavy atom. The molecule has 1 unspecified atom stereocenters. The van der Waals surface area contributed by atoms with Crippen molar-refractivity contribution in [3.8, 4) is 5.75 Å². The molecule has 0 aliphatic heterocycles. The Hall–Kier alpha value is -2.30. The maximum atomic E-state index is 12.8. The van der Waals surface area contributed by atoms with Gasteiger partial charge >= 0.3 is 0 Å². The predicted octanol–water partition coefficient (Wildman–Crippen LogP) is 6.54. The van der Waals surface area contributed by atoms with E-state index in [-0.39, 0.29) is 11.8 Å². The Morgan fingerprint density at radius 3 is 2.22 bits per heavy atom. The van der Waals surface area contributed by atoms with Gasteiger partial charge in [-0.15, -0.1) is 0 Å². The number of Topliss-reactive ketones (excluding diaryl/α,β-unsaturated/α-hetero) is 1. The first kappa shape index (κ1) is 19.5. The number of anilines is 1. The number of carbonyl (C=O) groups is 1. The number of benzene rings is 3. The highest BCUT2D eigenvalue weighted by molar-refractivity contribution is 9.10. The summed E-state index contributed by atoms with van der Waals surface area (Å²) in [6.45, 7) is 0. The van der Waals surface area contributed by atoms with Crippen molar-refractivity contribution in [2.45, 2.75) is 12.5 Å². The molecule has 27 heavy (non-hydrogen) atoms. The Labute approximate surface area is 172 Å². The first-order valence-corrected chi connectivity index (χ1v) is 9.67. The van der Waals surface area contributed by atoms with Crippen molar-refractivity contribution >= 4 is 39.0 Å². The largest absolute Gasteiger partial charge is 0.497 e. The standard InChI is InChI=1S/C22H19BrClNO2/c1-27-20-12-10-19(11-13-20)25-21(15-4-8-18(24)9-5-15)14-22(26)16-2-6-17(23)7-3-16/h2-13,21,25H,14H2,1H3. The molecule has 0 amide bonds. The molecule has 1 N–H and O–H groups in total. The third-order valence-corrected chi connectivity index (χ3v) is 5.04. The van der Waals surface area contributed by atoms with E-state index >= 15 is 0 Å². The van der Waals surface area contributed by atoms with E-state index in [1.165, 1.54) is 0 Å². The van der Waals surface area contributed by atoms with Gasteiger partial charge in [0.05, 0.1) is 13.2 Å². The minimum absolute atomic E-state index is 0.0726. The van der Waals surface area contributed by atoms with Crippen molar-refractivity contribution in [2.75, 3.05) is 12.4 Å². The molecule has 0 heterocycles. The highest BCUT2D eigenvalue weighted by Crippen LogP contribution is 2.27. The van der Waals surface area contributed by atoms with E-state index in [1.54, 1.807) is 7.11 Å². The lowest BCUT2D eigenvalue weighted by Gasteiger charge is -2.20. The summed E-state index contributed by atoms with van der Waals surface area (Å²) in [6, 6.07) is 22.4. The lowest BCUT2D eigenvalue weighted by atomic mass is 9.97. The van der Waals surface area contributed by atoms with E-state index in [2.05, 4.69) is 21.2 Å². The average Bonchev–Trinajstić information content (AvgIpc) is 2.69. The van der Waals surface area contributed by atoms with Crippen molar-refractivity contribution in [3.63, 3.8) is 0 Å². The minimum atomic E-state index is -0.174.